The lowest BCUT2D eigenvalue weighted by Crippen LogP contribution is -2.34. The minimum atomic E-state index is 0.130. The van der Waals surface area contributed by atoms with Crippen LogP contribution in [0.15, 0.2) is 54.6 Å². The third kappa shape index (κ3) is 3.67. The number of hydrogen-bond donors (Lipinski definition) is 1. The van der Waals surface area contributed by atoms with Crippen molar-refractivity contribution in [3.05, 3.63) is 54.6 Å². The van der Waals surface area contributed by atoms with Crippen LogP contribution >= 0.6 is 0 Å². The predicted octanol–water partition coefficient (Wildman–Crippen LogP) is 3.69. The maximum Gasteiger partial charge on any atom is 0.223 e. The molecule has 0 bridgehead atoms. The third-order valence-electron chi connectivity index (χ3n) is 4.03. The molecule has 0 heterocycles. The number of allylic oxidation sites excluding steroid dienone is 2. The van der Waals surface area contributed by atoms with Gasteiger partial charge < -0.3 is 10.1 Å². The molecule has 3 rings (SSSR count). The van der Waals surface area contributed by atoms with E-state index in [0.29, 0.717) is 13.2 Å². The molecule has 22 heavy (non-hydrogen) atoms. The summed E-state index contributed by atoms with van der Waals surface area (Å²) < 4.78 is 5.72. The van der Waals surface area contributed by atoms with Crippen LogP contribution in [0.5, 0.6) is 5.75 Å². The van der Waals surface area contributed by atoms with Crippen LogP contribution in [0.4, 0.5) is 0 Å². The molecule has 1 amide bonds. The van der Waals surface area contributed by atoms with Gasteiger partial charge in [0, 0.05) is 5.92 Å². The molecule has 0 saturated heterocycles. The van der Waals surface area contributed by atoms with Crippen LogP contribution in [0.2, 0.25) is 0 Å². The van der Waals surface area contributed by atoms with Crippen molar-refractivity contribution < 1.29 is 9.53 Å². The first-order chi connectivity index (χ1) is 10.8. The Bertz CT molecular complexity index is 678. The van der Waals surface area contributed by atoms with Gasteiger partial charge in [0.25, 0.3) is 0 Å². The first-order valence-corrected chi connectivity index (χ1v) is 7.87. The minimum Gasteiger partial charge on any atom is -0.492 e. The van der Waals surface area contributed by atoms with Crippen molar-refractivity contribution in [3.63, 3.8) is 0 Å². The average molecular weight is 295 g/mol. The molecule has 1 aliphatic rings. The van der Waals surface area contributed by atoms with E-state index in [9.17, 15) is 4.79 Å². The molecule has 2 aromatic carbocycles. The normalized spacial score (nSPS) is 17.4. The first kappa shape index (κ1) is 14.6. The fourth-order valence-corrected chi connectivity index (χ4v) is 2.78. The predicted molar refractivity (Wildman–Crippen MR) is 88.9 cm³/mol. The molecule has 0 spiro atoms. The van der Waals surface area contributed by atoms with Gasteiger partial charge in [0.05, 0.1) is 6.54 Å². The van der Waals surface area contributed by atoms with Gasteiger partial charge in [-0.1, -0.05) is 42.5 Å². The van der Waals surface area contributed by atoms with Crippen molar-refractivity contribution >= 4 is 16.7 Å². The molecule has 1 aliphatic carbocycles. The van der Waals surface area contributed by atoms with Gasteiger partial charge in [-0.25, -0.2) is 0 Å². The Morgan fingerprint density at radius 2 is 2.00 bits per heavy atom. The molecule has 3 heteroatoms. The van der Waals surface area contributed by atoms with E-state index in [-0.39, 0.29) is 11.8 Å². The highest BCUT2D eigenvalue weighted by Gasteiger charge is 2.17. The van der Waals surface area contributed by atoms with Gasteiger partial charge in [0.2, 0.25) is 5.91 Å². The summed E-state index contributed by atoms with van der Waals surface area (Å²) in [7, 11) is 0. The molecule has 0 aromatic heterocycles. The van der Waals surface area contributed by atoms with Crippen molar-refractivity contribution in [1.29, 1.82) is 0 Å². The van der Waals surface area contributed by atoms with Gasteiger partial charge in [0.1, 0.15) is 12.4 Å². The largest absolute Gasteiger partial charge is 0.492 e. The number of hydrogen-bond acceptors (Lipinski definition) is 2. The second kappa shape index (κ2) is 7.12. The Morgan fingerprint density at radius 1 is 1.14 bits per heavy atom. The van der Waals surface area contributed by atoms with Gasteiger partial charge in [-0.15, -0.1) is 0 Å². The number of rotatable bonds is 5. The van der Waals surface area contributed by atoms with E-state index in [1.807, 2.05) is 24.3 Å². The minimum absolute atomic E-state index is 0.130. The van der Waals surface area contributed by atoms with Crippen molar-refractivity contribution in [2.45, 2.75) is 19.3 Å². The van der Waals surface area contributed by atoms with Crippen LogP contribution in [0.3, 0.4) is 0 Å². The van der Waals surface area contributed by atoms with Crippen LogP contribution in [-0.2, 0) is 4.79 Å². The van der Waals surface area contributed by atoms with Gasteiger partial charge >= 0.3 is 0 Å². The summed E-state index contributed by atoms with van der Waals surface area (Å²) in [5.74, 6) is 1.12. The number of fused-ring (bicyclic) bond motifs is 1. The van der Waals surface area contributed by atoms with Gasteiger partial charge in [-0.05, 0) is 42.2 Å². The number of carbonyl (C=O) groups is 1. The molecule has 1 unspecified atom stereocenters. The third-order valence-corrected chi connectivity index (χ3v) is 4.03. The zero-order valence-corrected chi connectivity index (χ0v) is 12.6. The number of amides is 1. The van der Waals surface area contributed by atoms with Gasteiger partial charge in [-0.2, -0.15) is 0 Å². The van der Waals surface area contributed by atoms with E-state index in [0.717, 1.165) is 30.4 Å². The second-order valence-electron chi connectivity index (χ2n) is 5.63. The van der Waals surface area contributed by atoms with Crippen molar-refractivity contribution in [2.24, 2.45) is 5.92 Å². The molecule has 2 aromatic rings. The SMILES string of the molecule is O=C(NCCOc1ccc2ccccc2c1)C1CC=CCC1. The van der Waals surface area contributed by atoms with Crippen LogP contribution in [0, 0.1) is 5.92 Å². The number of benzene rings is 2. The lowest BCUT2D eigenvalue weighted by atomic mass is 9.94. The van der Waals surface area contributed by atoms with Crippen molar-refractivity contribution in [3.8, 4) is 5.75 Å². The second-order valence-corrected chi connectivity index (χ2v) is 5.63. The quantitative estimate of drug-likeness (QED) is 0.675. The van der Waals surface area contributed by atoms with Crippen LogP contribution in [0.1, 0.15) is 19.3 Å². The molecule has 3 nitrogen and oxygen atoms in total. The summed E-state index contributed by atoms with van der Waals surface area (Å²) in [6.45, 7) is 1.04. The summed E-state index contributed by atoms with van der Waals surface area (Å²) in [6, 6.07) is 14.2. The van der Waals surface area contributed by atoms with E-state index in [2.05, 4.69) is 35.7 Å². The first-order valence-electron chi connectivity index (χ1n) is 7.87. The smallest absolute Gasteiger partial charge is 0.223 e. The summed E-state index contributed by atoms with van der Waals surface area (Å²) in [6.07, 6.45) is 7.06. The molecule has 1 atom stereocenters. The molecule has 114 valence electrons. The summed E-state index contributed by atoms with van der Waals surface area (Å²) in [5.41, 5.74) is 0. The van der Waals surface area contributed by atoms with Crippen LogP contribution < -0.4 is 10.1 Å². The number of nitrogens with one attached hydrogen (secondary N) is 1. The maximum atomic E-state index is 12.0. The van der Waals surface area contributed by atoms with Crippen LogP contribution in [0.25, 0.3) is 10.8 Å². The number of ether oxygens (including phenoxy) is 1. The monoisotopic (exact) mass is 295 g/mol. The lowest BCUT2D eigenvalue weighted by Gasteiger charge is -2.17. The highest BCUT2D eigenvalue weighted by molar-refractivity contribution is 5.83. The topological polar surface area (TPSA) is 38.3 Å². The molecule has 0 radical (unpaired) electrons. The fourth-order valence-electron chi connectivity index (χ4n) is 2.78. The Kier molecular flexibility index (Phi) is 4.74. The highest BCUT2D eigenvalue weighted by Crippen LogP contribution is 2.20. The van der Waals surface area contributed by atoms with E-state index in [1.54, 1.807) is 0 Å². The fraction of sp³-hybridized carbons (Fsp3) is 0.316. The Balaban J connectivity index is 1.46. The average Bonchev–Trinajstić information content (AvgIpc) is 2.59. The van der Waals surface area contributed by atoms with Crippen LogP contribution in [-0.4, -0.2) is 19.1 Å². The van der Waals surface area contributed by atoms with Crippen molar-refractivity contribution in [1.82, 2.24) is 5.32 Å². The zero-order chi connectivity index (χ0) is 15.2. The van der Waals surface area contributed by atoms with E-state index in [4.69, 9.17) is 4.74 Å². The summed E-state index contributed by atoms with van der Waals surface area (Å²) in [4.78, 5) is 12.0. The van der Waals surface area contributed by atoms with E-state index >= 15 is 0 Å². The maximum absolute atomic E-state index is 12.0. The van der Waals surface area contributed by atoms with E-state index in [1.165, 1.54) is 5.39 Å². The van der Waals surface area contributed by atoms with Crippen molar-refractivity contribution in [2.75, 3.05) is 13.2 Å². The Labute approximate surface area is 131 Å². The molecule has 0 saturated carbocycles. The van der Waals surface area contributed by atoms with Gasteiger partial charge in [0.15, 0.2) is 0 Å². The molecule has 0 aliphatic heterocycles. The molecular formula is C19H21NO2. The molecule has 1 N–H and O–H groups in total. The van der Waals surface area contributed by atoms with Gasteiger partial charge in [-0.3, -0.25) is 4.79 Å². The van der Waals surface area contributed by atoms with E-state index < -0.39 is 0 Å². The standard InChI is InChI=1S/C19H21NO2/c21-19(16-7-2-1-3-8-16)20-12-13-22-18-11-10-15-6-4-5-9-17(15)14-18/h1-2,4-6,9-11,14,16H,3,7-8,12-13H2,(H,20,21). The Morgan fingerprint density at radius 3 is 2.82 bits per heavy atom. The summed E-state index contributed by atoms with van der Waals surface area (Å²) >= 11 is 0. The zero-order valence-electron chi connectivity index (χ0n) is 12.6. The lowest BCUT2D eigenvalue weighted by molar-refractivity contribution is -0.125. The molecule has 0 fully saturated rings. The molecular weight excluding hydrogens is 274 g/mol. The number of carbonyl (C=O) groups excluding carboxylic acids is 1. The summed E-state index contributed by atoms with van der Waals surface area (Å²) in [5, 5.41) is 5.33. The Hall–Kier alpha value is -2.29. The highest BCUT2D eigenvalue weighted by atomic mass is 16.5.